The lowest BCUT2D eigenvalue weighted by Gasteiger charge is -2.08. The molecule has 0 aliphatic carbocycles. The lowest BCUT2D eigenvalue weighted by molar-refractivity contribution is -0.136. The Bertz CT molecular complexity index is 695. The zero-order chi connectivity index (χ0) is 14.7. The van der Waals surface area contributed by atoms with Crippen molar-refractivity contribution in [1.29, 1.82) is 0 Å². The van der Waals surface area contributed by atoms with Gasteiger partial charge in [-0.1, -0.05) is 11.6 Å². The normalized spacial score (nSPS) is 10.4. The number of carboxylic acids is 1. The van der Waals surface area contributed by atoms with Crippen molar-refractivity contribution in [3.8, 4) is 11.4 Å². The van der Waals surface area contributed by atoms with Gasteiger partial charge in [-0.2, -0.15) is 9.78 Å². The molecular formula is C13H11ClN2O4. The van der Waals surface area contributed by atoms with Crippen molar-refractivity contribution in [3.05, 3.63) is 51.4 Å². The molecule has 0 saturated heterocycles. The Morgan fingerprint density at radius 1 is 1.30 bits per heavy atom. The van der Waals surface area contributed by atoms with Gasteiger partial charge in [-0.25, -0.2) is 0 Å². The molecule has 0 spiro atoms. The van der Waals surface area contributed by atoms with Gasteiger partial charge in [-0.3, -0.25) is 9.59 Å². The summed E-state index contributed by atoms with van der Waals surface area (Å²) in [6.07, 6.45) is -0.144. The standard InChI is InChI=1S/C13H11ClN2O4/c14-8-1-3-9(4-2-8)16-12(18)7-11(17)10(15-16)5-6-13(19)20/h1-4,7,17H,5-6H2,(H,19,20). The SMILES string of the molecule is O=C(O)CCc1nn(-c2ccc(Cl)cc2)c(=O)cc1O. The van der Waals surface area contributed by atoms with Crippen LogP contribution >= 0.6 is 11.6 Å². The number of nitrogens with zero attached hydrogens (tertiary/aromatic N) is 2. The largest absolute Gasteiger partial charge is 0.506 e. The molecular weight excluding hydrogens is 284 g/mol. The van der Waals surface area contributed by atoms with E-state index in [-0.39, 0.29) is 24.3 Å². The van der Waals surface area contributed by atoms with E-state index in [1.807, 2.05) is 0 Å². The highest BCUT2D eigenvalue weighted by atomic mass is 35.5. The molecule has 0 aliphatic rings. The van der Waals surface area contributed by atoms with Crippen LogP contribution in [0.4, 0.5) is 0 Å². The van der Waals surface area contributed by atoms with Crippen LogP contribution in [0.3, 0.4) is 0 Å². The first-order valence-corrected chi connectivity index (χ1v) is 6.15. The lowest BCUT2D eigenvalue weighted by atomic mass is 10.2. The molecule has 20 heavy (non-hydrogen) atoms. The molecule has 0 fully saturated rings. The zero-order valence-corrected chi connectivity index (χ0v) is 11.0. The summed E-state index contributed by atoms with van der Waals surface area (Å²) in [5.41, 5.74) is 0.127. The van der Waals surface area contributed by atoms with Gasteiger partial charge in [0.2, 0.25) is 0 Å². The second kappa shape index (κ2) is 5.75. The van der Waals surface area contributed by atoms with Gasteiger partial charge in [-0.15, -0.1) is 0 Å². The molecule has 104 valence electrons. The summed E-state index contributed by atoms with van der Waals surface area (Å²) in [4.78, 5) is 22.4. The fraction of sp³-hybridized carbons (Fsp3) is 0.154. The maximum atomic E-state index is 11.8. The molecule has 0 amide bonds. The van der Waals surface area contributed by atoms with Gasteiger partial charge in [0.15, 0.2) is 0 Å². The molecule has 2 aromatic rings. The maximum absolute atomic E-state index is 11.8. The highest BCUT2D eigenvalue weighted by molar-refractivity contribution is 6.30. The zero-order valence-electron chi connectivity index (χ0n) is 10.3. The number of carboxylic acid groups (broad SMARTS) is 1. The summed E-state index contributed by atoms with van der Waals surface area (Å²) in [5.74, 6) is -1.31. The van der Waals surface area contributed by atoms with Crippen LogP contribution < -0.4 is 5.56 Å². The Hall–Kier alpha value is -2.34. The number of aromatic nitrogens is 2. The number of hydrogen-bond acceptors (Lipinski definition) is 4. The van der Waals surface area contributed by atoms with Crippen molar-refractivity contribution in [2.75, 3.05) is 0 Å². The molecule has 1 aromatic carbocycles. The highest BCUT2D eigenvalue weighted by Gasteiger charge is 2.11. The van der Waals surface area contributed by atoms with Crippen molar-refractivity contribution in [3.63, 3.8) is 0 Å². The number of aromatic hydroxyl groups is 1. The fourth-order valence-electron chi connectivity index (χ4n) is 1.65. The van der Waals surface area contributed by atoms with Crippen LogP contribution in [0.1, 0.15) is 12.1 Å². The molecule has 0 aliphatic heterocycles. The minimum atomic E-state index is -1.00. The topological polar surface area (TPSA) is 92.4 Å². The van der Waals surface area contributed by atoms with Crippen LogP contribution in [0.15, 0.2) is 35.1 Å². The van der Waals surface area contributed by atoms with E-state index in [9.17, 15) is 14.7 Å². The van der Waals surface area contributed by atoms with Gasteiger partial charge in [0.05, 0.1) is 12.1 Å². The summed E-state index contributed by atoms with van der Waals surface area (Å²) >= 11 is 5.77. The summed E-state index contributed by atoms with van der Waals surface area (Å²) < 4.78 is 1.09. The Morgan fingerprint density at radius 3 is 2.55 bits per heavy atom. The van der Waals surface area contributed by atoms with Gasteiger partial charge in [-0.05, 0) is 24.3 Å². The van der Waals surface area contributed by atoms with Crippen molar-refractivity contribution < 1.29 is 15.0 Å². The minimum Gasteiger partial charge on any atom is -0.506 e. The molecule has 0 radical (unpaired) electrons. The molecule has 2 N–H and O–H groups in total. The van der Waals surface area contributed by atoms with Crippen molar-refractivity contribution in [1.82, 2.24) is 9.78 Å². The van der Waals surface area contributed by atoms with Crippen LogP contribution in [0.2, 0.25) is 5.02 Å². The first-order chi connectivity index (χ1) is 9.47. The van der Waals surface area contributed by atoms with Gasteiger partial charge >= 0.3 is 5.97 Å². The third kappa shape index (κ3) is 3.16. The van der Waals surface area contributed by atoms with E-state index in [1.165, 1.54) is 0 Å². The number of carbonyl (C=O) groups is 1. The lowest BCUT2D eigenvalue weighted by Crippen LogP contribution is -2.21. The average Bonchev–Trinajstić information content (AvgIpc) is 2.39. The maximum Gasteiger partial charge on any atom is 0.303 e. The van der Waals surface area contributed by atoms with Crippen LogP contribution in [0.25, 0.3) is 5.69 Å². The van der Waals surface area contributed by atoms with E-state index in [4.69, 9.17) is 16.7 Å². The molecule has 7 heteroatoms. The molecule has 1 aromatic heterocycles. The van der Waals surface area contributed by atoms with Crippen molar-refractivity contribution in [2.24, 2.45) is 0 Å². The molecule has 0 saturated carbocycles. The average molecular weight is 295 g/mol. The van der Waals surface area contributed by atoms with Crippen LogP contribution in [0.5, 0.6) is 5.75 Å². The van der Waals surface area contributed by atoms with Gasteiger partial charge in [0.1, 0.15) is 11.4 Å². The first kappa shape index (κ1) is 14.1. The first-order valence-electron chi connectivity index (χ1n) is 5.77. The van der Waals surface area contributed by atoms with Gasteiger partial charge < -0.3 is 10.2 Å². The van der Waals surface area contributed by atoms with E-state index >= 15 is 0 Å². The number of halogens is 1. The number of hydrogen-bond donors (Lipinski definition) is 2. The molecule has 2 rings (SSSR count). The van der Waals surface area contributed by atoms with Crippen LogP contribution in [-0.4, -0.2) is 26.0 Å². The molecule has 6 nitrogen and oxygen atoms in total. The summed E-state index contributed by atoms with van der Waals surface area (Å²) in [7, 11) is 0. The Kier molecular flexibility index (Phi) is 4.05. The quantitative estimate of drug-likeness (QED) is 0.893. The molecule has 0 unspecified atom stereocenters. The van der Waals surface area contributed by atoms with Gasteiger partial charge in [0.25, 0.3) is 5.56 Å². The minimum absolute atomic E-state index is 0.0367. The molecule has 0 atom stereocenters. The second-order valence-corrected chi connectivity index (χ2v) is 4.53. The Morgan fingerprint density at radius 2 is 1.95 bits per heavy atom. The van der Waals surface area contributed by atoms with Crippen LogP contribution in [-0.2, 0) is 11.2 Å². The third-order valence-electron chi connectivity index (χ3n) is 2.63. The van der Waals surface area contributed by atoms with E-state index in [0.29, 0.717) is 10.7 Å². The van der Waals surface area contributed by atoms with Crippen molar-refractivity contribution in [2.45, 2.75) is 12.8 Å². The second-order valence-electron chi connectivity index (χ2n) is 4.10. The van der Waals surface area contributed by atoms with Crippen LogP contribution in [0, 0.1) is 0 Å². The predicted molar refractivity (Wildman–Crippen MR) is 72.5 cm³/mol. The smallest absolute Gasteiger partial charge is 0.303 e. The molecule has 1 heterocycles. The number of aliphatic carboxylic acids is 1. The summed E-state index contributed by atoms with van der Waals surface area (Å²) in [6.45, 7) is 0. The summed E-state index contributed by atoms with van der Waals surface area (Å²) in [5, 5.41) is 22.8. The molecule has 0 bridgehead atoms. The number of rotatable bonds is 4. The van der Waals surface area contributed by atoms with E-state index in [2.05, 4.69) is 5.10 Å². The van der Waals surface area contributed by atoms with E-state index in [0.717, 1.165) is 10.7 Å². The fourth-order valence-corrected chi connectivity index (χ4v) is 1.78. The highest BCUT2D eigenvalue weighted by Crippen LogP contribution is 2.16. The monoisotopic (exact) mass is 294 g/mol. The summed E-state index contributed by atoms with van der Waals surface area (Å²) in [6, 6.07) is 7.44. The van der Waals surface area contributed by atoms with E-state index in [1.54, 1.807) is 24.3 Å². The number of aryl methyl sites for hydroxylation is 1. The van der Waals surface area contributed by atoms with E-state index < -0.39 is 11.5 Å². The van der Waals surface area contributed by atoms with Gasteiger partial charge in [0, 0.05) is 17.5 Å². The third-order valence-corrected chi connectivity index (χ3v) is 2.88. The predicted octanol–water partition coefficient (Wildman–Crippen LogP) is 1.61. The Balaban J connectivity index is 2.43. The van der Waals surface area contributed by atoms with Crippen molar-refractivity contribution >= 4 is 17.6 Å². The Labute approximate surface area is 118 Å². The number of benzene rings is 1.